The number of piperidine rings is 1. The van der Waals surface area contributed by atoms with E-state index in [1.54, 1.807) is 4.90 Å². The van der Waals surface area contributed by atoms with Crippen molar-refractivity contribution >= 4 is 28.5 Å². The molecule has 0 saturated carbocycles. The van der Waals surface area contributed by atoms with Gasteiger partial charge >= 0.3 is 5.97 Å². The van der Waals surface area contributed by atoms with Crippen molar-refractivity contribution in [3.8, 4) is 0 Å². The van der Waals surface area contributed by atoms with E-state index in [2.05, 4.69) is 4.98 Å². The zero-order valence-electron chi connectivity index (χ0n) is 13.9. The molecule has 1 saturated heterocycles. The minimum Gasteiger partial charge on any atom is -0.481 e. The third-order valence-electron chi connectivity index (χ3n) is 4.53. The van der Waals surface area contributed by atoms with Crippen LogP contribution in [0, 0.1) is 5.92 Å². The number of carbonyl (C=O) groups excluding carboxylic acids is 1. The lowest BCUT2D eigenvalue weighted by Crippen LogP contribution is -2.40. The number of carboxylic acids is 1. The Morgan fingerprint density at radius 3 is 2.50 bits per heavy atom. The van der Waals surface area contributed by atoms with Crippen molar-refractivity contribution < 1.29 is 14.7 Å². The van der Waals surface area contributed by atoms with Crippen LogP contribution >= 0.6 is 0 Å². The maximum absolute atomic E-state index is 12.8. The minimum atomic E-state index is -0.777. The third kappa shape index (κ3) is 3.04. The molecular formula is C18H21N3O3. The summed E-state index contributed by atoms with van der Waals surface area (Å²) in [7, 11) is 3.88. The molecule has 3 rings (SSSR count). The Hall–Kier alpha value is -2.63. The molecule has 126 valence electrons. The zero-order valence-corrected chi connectivity index (χ0v) is 13.9. The summed E-state index contributed by atoms with van der Waals surface area (Å²) in [6.45, 7) is 0.920. The molecule has 1 N–H and O–H groups in total. The number of anilines is 1. The molecule has 24 heavy (non-hydrogen) atoms. The van der Waals surface area contributed by atoms with Crippen molar-refractivity contribution in [2.45, 2.75) is 12.8 Å². The summed E-state index contributed by atoms with van der Waals surface area (Å²) < 4.78 is 0. The molecular weight excluding hydrogens is 306 g/mol. The summed E-state index contributed by atoms with van der Waals surface area (Å²) in [5.41, 5.74) is 2.14. The van der Waals surface area contributed by atoms with Gasteiger partial charge in [0.15, 0.2) is 0 Å². The van der Waals surface area contributed by atoms with Crippen molar-refractivity contribution in [3.63, 3.8) is 0 Å². The lowest BCUT2D eigenvalue weighted by Gasteiger charge is -2.30. The van der Waals surface area contributed by atoms with E-state index in [1.807, 2.05) is 49.3 Å². The Morgan fingerprint density at radius 1 is 1.21 bits per heavy atom. The number of likely N-dealkylation sites (tertiary alicyclic amines) is 1. The maximum Gasteiger partial charge on any atom is 0.306 e. The second-order valence-electron chi connectivity index (χ2n) is 6.34. The van der Waals surface area contributed by atoms with Gasteiger partial charge in [0.05, 0.1) is 11.4 Å². The Labute approximate surface area is 140 Å². The monoisotopic (exact) mass is 327 g/mol. The number of rotatable bonds is 3. The average Bonchev–Trinajstić information content (AvgIpc) is 2.60. The van der Waals surface area contributed by atoms with Gasteiger partial charge in [-0.05, 0) is 25.0 Å². The van der Waals surface area contributed by atoms with Crippen molar-refractivity contribution in [2.75, 3.05) is 32.1 Å². The van der Waals surface area contributed by atoms with Crippen LogP contribution in [-0.4, -0.2) is 54.1 Å². The molecule has 1 fully saturated rings. The van der Waals surface area contributed by atoms with E-state index in [0.29, 0.717) is 31.6 Å². The van der Waals surface area contributed by atoms with E-state index < -0.39 is 5.97 Å². The van der Waals surface area contributed by atoms with E-state index in [-0.39, 0.29) is 11.8 Å². The van der Waals surface area contributed by atoms with Gasteiger partial charge in [0.25, 0.3) is 5.91 Å². The summed E-state index contributed by atoms with van der Waals surface area (Å²) in [4.78, 5) is 32.0. The topological polar surface area (TPSA) is 73.7 Å². The maximum atomic E-state index is 12.8. The van der Waals surface area contributed by atoms with Crippen LogP contribution < -0.4 is 4.90 Å². The van der Waals surface area contributed by atoms with E-state index in [1.165, 1.54) is 0 Å². The number of aromatic nitrogens is 1. The summed E-state index contributed by atoms with van der Waals surface area (Å²) in [6.07, 6.45) is 0.990. The van der Waals surface area contributed by atoms with Crippen molar-refractivity contribution in [2.24, 2.45) is 5.92 Å². The number of carbonyl (C=O) groups is 2. The van der Waals surface area contributed by atoms with Gasteiger partial charge in [-0.3, -0.25) is 9.59 Å². The predicted molar refractivity (Wildman–Crippen MR) is 92.3 cm³/mol. The summed E-state index contributed by atoms with van der Waals surface area (Å²) in [6, 6.07) is 9.56. The minimum absolute atomic E-state index is 0.132. The van der Waals surface area contributed by atoms with Gasteiger partial charge in [-0.25, -0.2) is 4.98 Å². The van der Waals surface area contributed by atoms with Crippen molar-refractivity contribution in [1.29, 1.82) is 0 Å². The van der Waals surface area contributed by atoms with Gasteiger partial charge in [0, 0.05) is 38.3 Å². The fourth-order valence-corrected chi connectivity index (χ4v) is 3.13. The van der Waals surface area contributed by atoms with Crippen LogP contribution in [0.25, 0.3) is 10.9 Å². The first-order chi connectivity index (χ1) is 11.5. The molecule has 1 aliphatic heterocycles. The number of nitrogens with zero attached hydrogens (tertiary/aromatic N) is 3. The molecule has 6 heteroatoms. The number of hydrogen-bond donors (Lipinski definition) is 1. The van der Waals surface area contributed by atoms with Crippen molar-refractivity contribution in [3.05, 3.63) is 36.0 Å². The summed E-state index contributed by atoms with van der Waals surface area (Å²) in [5.74, 6) is -1.26. The van der Waals surface area contributed by atoms with Gasteiger partial charge < -0.3 is 14.9 Å². The number of pyridine rings is 1. The lowest BCUT2D eigenvalue weighted by atomic mass is 9.97. The second kappa shape index (κ2) is 6.47. The summed E-state index contributed by atoms with van der Waals surface area (Å²) in [5, 5.41) is 10.1. The first-order valence-corrected chi connectivity index (χ1v) is 8.06. The average molecular weight is 327 g/mol. The quantitative estimate of drug-likeness (QED) is 0.936. The largest absolute Gasteiger partial charge is 0.481 e. The molecule has 6 nitrogen and oxygen atoms in total. The predicted octanol–water partition coefficient (Wildman–Crippen LogP) is 2.24. The first kappa shape index (κ1) is 16.2. The molecule has 2 aromatic rings. The van der Waals surface area contributed by atoms with E-state index in [4.69, 9.17) is 5.11 Å². The van der Waals surface area contributed by atoms with Crippen LogP contribution in [-0.2, 0) is 4.79 Å². The van der Waals surface area contributed by atoms with Gasteiger partial charge in [-0.15, -0.1) is 0 Å². The van der Waals surface area contributed by atoms with Crippen LogP contribution in [0.4, 0.5) is 5.69 Å². The molecule has 1 aliphatic rings. The number of aliphatic carboxylic acids is 1. The highest BCUT2D eigenvalue weighted by molar-refractivity contribution is 6.00. The van der Waals surface area contributed by atoms with Crippen LogP contribution in [0.15, 0.2) is 30.3 Å². The zero-order chi connectivity index (χ0) is 17.3. The third-order valence-corrected chi connectivity index (χ3v) is 4.53. The number of amides is 1. The number of para-hydroxylation sites is 1. The number of hydrogen-bond acceptors (Lipinski definition) is 4. The molecule has 0 atom stereocenters. The lowest BCUT2D eigenvalue weighted by molar-refractivity contribution is -0.143. The molecule has 0 aliphatic carbocycles. The molecule has 1 aromatic heterocycles. The molecule has 0 bridgehead atoms. The standard InChI is InChI=1S/C18H21N3O3/c1-20(2)16-11-15(19-14-6-4-3-5-13(14)16)17(22)21-9-7-12(8-10-21)18(23)24/h3-6,11-12H,7-10H2,1-2H3,(H,23,24). The Balaban J connectivity index is 1.89. The van der Waals surface area contributed by atoms with Crippen LogP contribution in [0.2, 0.25) is 0 Å². The smallest absolute Gasteiger partial charge is 0.306 e. The fourth-order valence-electron chi connectivity index (χ4n) is 3.13. The Morgan fingerprint density at radius 2 is 1.88 bits per heavy atom. The second-order valence-corrected chi connectivity index (χ2v) is 6.34. The normalized spacial score (nSPS) is 15.5. The highest BCUT2D eigenvalue weighted by Crippen LogP contribution is 2.26. The van der Waals surface area contributed by atoms with Crippen LogP contribution in [0.5, 0.6) is 0 Å². The SMILES string of the molecule is CN(C)c1cc(C(=O)N2CCC(C(=O)O)CC2)nc2ccccc12. The van der Waals surface area contributed by atoms with E-state index in [9.17, 15) is 9.59 Å². The summed E-state index contributed by atoms with van der Waals surface area (Å²) >= 11 is 0. The molecule has 2 heterocycles. The van der Waals surface area contributed by atoms with Gasteiger partial charge in [0.1, 0.15) is 5.69 Å². The van der Waals surface area contributed by atoms with Crippen LogP contribution in [0.3, 0.4) is 0 Å². The molecule has 1 amide bonds. The van der Waals surface area contributed by atoms with Crippen LogP contribution in [0.1, 0.15) is 23.3 Å². The first-order valence-electron chi connectivity index (χ1n) is 8.06. The number of benzene rings is 1. The molecule has 0 radical (unpaired) electrons. The Kier molecular flexibility index (Phi) is 4.38. The molecule has 0 spiro atoms. The van der Waals surface area contributed by atoms with Gasteiger partial charge in [0.2, 0.25) is 0 Å². The van der Waals surface area contributed by atoms with E-state index in [0.717, 1.165) is 16.6 Å². The Bertz CT molecular complexity index is 780. The van der Waals surface area contributed by atoms with Gasteiger partial charge in [-0.2, -0.15) is 0 Å². The fraction of sp³-hybridized carbons (Fsp3) is 0.389. The number of carboxylic acid groups (broad SMARTS) is 1. The molecule has 0 unspecified atom stereocenters. The highest BCUT2D eigenvalue weighted by Gasteiger charge is 2.28. The molecule has 1 aromatic carbocycles. The number of fused-ring (bicyclic) bond motifs is 1. The van der Waals surface area contributed by atoms with Crippen molar-refractivity contribution in [1.82, 2.24) is 9.88 Å². The van der Waals surface area contributed by atoms with E-state index >= 15 is 0 Å². The highest BCUT2D eigenvalue weighted by atomic mass is 16.4. The van der Waals surface area contributed by atoms with Gasteiger partial charge in [-0.1, -0.05) is 18.2 Å².